The summed E-state index contributed by atoms with van der Waals surface area (Å²) in [5, 5.41) is 4.33. The third kappa shape index (κ3) is 2.99. The summed E-state index contributed by atoms with van der Waals surface area (Å²) in [6.45, 7) is 2.17. The molecule has 2 rings (SSSR count). The van der Waals surface area contributed by atoms with Gasteiger partial charge < -0.3 is 9.64 Å². The number of esters is 1. The number of nitrogens with zero attached hydrogens (tertiary/aromatic N) is 3. The minimum Gasteiger partial charge on any atom is -0.464 e. The number of hydrogen-bond acceptors (Lipinski definition) is 4. The van der Waals surface area contributed by atoms with E-state index < -0.39 is 6.04 Å². The molecule has 0 saturated carbocycles. The van der Waals surface area contributed by atoms with Crippen LogP contribution in [0.1, 0.15) is 18.5 Å². The van der Waals surface area contributed by atoms with Crippen LogP contribution < -0.4 is 4.90 Å². The maximum absolute atomic E-state index is 12.3. The van der Waals surface area contributed by atoms with E-state index in [9.17, 15) is 4.79 Å². The molecule has 0 N–H and O–H groups in total. The van der Waals surface area contributed by atoms with Crippen molar-refractivity contribution in [1.82, 2.24) is 9.78 Å². The van der Waals surface area contributed by atoms with Gasteiger partial charge in [0.25, 0.3) is 0 Å². The van der Waals surface area contributed by atoms with Crippen molar-refractivity contribution in [3.63, 3.8) is 0 Å². The highest BCUT2D eigenvalue weighted by Crippen LogP contribution is 2.25. The summed E-state index contributed by atoms with van der Waals surface area (Å²) >= 11 is 0. The zero-order valence-electron chi connectivity index (χ0n) is 12.0. The second-order valence-corrected chi connectivity index (χ2v) is 4.52. The molecule has 0 spiro atoms. The first kappa shape index (κ1) is 14.1. The summed E-state index contributed by atoms with van der Waals surface area (Å²) in [6, 6.07) is 11.0. The number of carbonyl (C=O) groups is 1. The van der Waals surface area contributed by atoms with Gasteiger partial charge in [-0.05, 0) is 12.5 Å². The van der Waals surface area contributed by atoms with Gasteiger partial charge in [0.1, 0.15) is 0 Å². The quantitative estimate of drug-likeness (QED) is 0.783. The molecule has 0 bridgehead atoms. The highest BCUT2D eigenvalue weighted by atomic mass is 16.5. The van der Waals surface area contributed by atoms with Crippen molar-refractivity contribution in [3.8, 4) is 0 Å². The van der Waals surface area contributed by atoms with Crippen molar-refractivity contribution in [2.24, 2.45) is 7.05 Å². The van der Waals surface area contributed by atoms with E-state index in [4.69, 9.17) is 4.74 Å². The van der Waals surface area contributed by atoms with Crippen LogP contribution in [-0.4, -0.2) is 29.4 Å². The van der Waals surface area contributed by atoms with Gasteiger partial charge in [-0.25, -0.2) is 4.79 Å². The maximum atomic E-state index is 12.3. The average molecular weight is 273 g/mol. The molecule has 5 heteroatoms. The number of benzene rings is 1. The van der Waals surface area contributed by atoms with Gasteiger partial charge in [-0.1, -0.05) is 30.3 Å². The maximum Gasteiger partial charge on any atom is 0.333 e. The monoisotopic (exact) mass is 273 g/mol. The highest BCUT2D eigenvalue weighted by molar-refractivity contribution is 5.81. The number of aromatic nitrogens is 2. The summed E-state index contributed by atoms with van der Waals surface area (Å²) in [5.74, 6) is 0.459. The van der Waals surface area contributed by atoms with Gasteiger partial charge in [0.2, 0.25) is 0 Å². The lowest BCUT2D eigenvalue weighted by Gasteiger charge is -2.26. The van der Waals surface area contributed by atoms with Crippen LogP contribution in [-0.2, 0) is 16.6 Å². The number of ether oxygens (including phenoxy) is 1. The first-order valence-electron chi connectivity index (χ1n) is 6.57. The predicted octanol–water partition coefficient (Wildman–Crippen LogP) is 2.16. The highest BCUT2D eigenvalue weighted by Gasteiger charge is 2.27. The molecule has 1 aromatic carbocycles. The van der Waals surface area contributed by atoms with Gasteiger partial charge in [0.05, 0.1) is 6.61 Å². The van der Waals surface area contributed by atoms with Gasteiger partial charge in [0.15, 0.2) is 11.9 Å². The lowest BCUT2D eigenvalue weighted by molar-refractivity contribution is -0.144. The molecule has 0 amide bonds. The number of anilines is 1. The SMILES string of the molecule is CCOC(=O)[C@@H](c1ccccc1)N(C)c1ccn(C)n1. The van der Waals surface area contributed by atoms with Crippen LogP contribution in [0.25, 0.3) is 0 Å². The first-order valence-corrected chi connectivity index (χ1v) is 6.57. The van der Waals surface area contributed by atoms with Crippen molar-refractivity contribution in [3.05, 3.63) is 48.2 Å². The molecule has 5 nitrogen and oxygen atoms in total. The Balaban J connectivity index is 2.33. The van der Waals surface area contributed by atoms with E-state index in [0.717, 1.165) is 11.4 Å². The van der Waals surface area contributed by atoms with Crippen LogP contribution in [0.15, 0.2) is 42.6 Å². The Morgan fingerprint density at radius 2 is 2.05 bits per heavy atom. The molecule has 0 aliphatic carbocycles. The third-order valence-electron chi connectivity index (χ3n) is 3.07. The lowest BCUT2D eigenvalue weighted by Crippen LogP contribution is -2.32. The van der Waals surface area contributed by atoms with Crippen LogP contribution >= 0.6 is 0 Å². The van der Waals surface area contributed by atoms with Crippen LogP contribution in [0.5, 0.6) is 0 Å². The van der Waals surface area contributed by atoms with Crippen LogP contribution in [0.2, 0.25) is 0 Å². The van der Waals surface area contributed by atoms with Gasteiger partial charge >= 0.3 is 5.97 Å². The van der Waals surface area contributed by atoms with E-state index >= 15 is 0 Å². The summed E-state index contributed by atoms with van der Waals surface area (Å²) in [6.07, 6.45) is 1.85. The molecule has 20 heavy (non-hydrogen) atoms. The van der Waals surface area contributed by atoms with E-state index in [1.54, 1.807) is 11.6 Å². The Morgan fingerprint density at radius 3 is 2.60 bits per heavy atom. The topological polar surface area (TPSA) is 47.4 Å². The van der Waals surface area contributed by atoms with Crippen molar-refractivity contribution in [2.75, 3.05) is 18.6 Å². The number of aryl methyl sites for hydroxylation is 1. The molecule has 0 fully saturated rings. The zero-order valence-corrected chi connectivity index (χ0v) is 12.0. The summed E-state index contributed by atoms with van der Waals surface area (Å²) < 4.78 is 6.90. The van der Waals surface area contributed by atoms with Crippen LogP contribution in [0.4, 0.5) is 5.82 Å². The van der Waals surface area contributed by atoms with E-state index in [1.165, 1.54) is 0 Å². The number of likely N-dealkylation sites (N-methyl/N-ethyl adjacent to an activating group) is 1. The second-order valence-electron chi connectivity index (χ2n) is 4.52. The molecule has 1 atom stereocenters. The standard InChI is InChI=1S/C15H19N3O2/c1-4-20-15(19)14(12-8-6-5-7-9-12)18(3)13-10-11-17(2)16-13/h5-11,14H,4H2,1-3H3/t14-/m1/s1. The fourth-order valence-corrected chi connectivity index (χ4v) is 2.10. The van der Waals surface area contributed by atoms with Gasteiger partial charge in [-0.2, -0.15) is 5.10 Å². The Kier molecular flexibility index (Phi) is 4.40. The minimum atomic E-state index is -0.494. The Bertz CT molecular complexity index is 566. The summed E-state index contributed by atoms with van der Waals surface area (Å²) in [5.41, 5.74) is 0.888. The molecule has 0 radical (unpaired) electrons. The van der Waals surface area contributed by atoms with Crippen molar-refractivity contribution in [2.45, 2.75) is 13.0 Å². The molecular weight excluding hydrogens is 254 g/mol. The Hall–Kier alpha value is -2.30. The van der Waals surface area contributed by atoms with E-state index in [-0.39, 0.29) is 5.97 Å². The lowest BCUT2D eigenvalue weighted by atomic mass is 10.1. The summed E-state index contributed by atoms with van der Waals surface area (Å²) in [4.78, 5) is 14.1. The summed E-state index contributed by atoms with van der Waals surface area (Å²) in [7, 11) is 3.69. The predicted molar refractivity (Wildman–Crippen MR) is 77.4 cm³/mol. The molecule has 106 valence electrons. The van der Waals surface area contributed by atoms with E-state index in [1.807, 2.05) is 61.6 Å². The van der Waals surface area contributed by atoms with Crippen LogP contribution in [0.3, 0.4) is 0 Å². The molecule has 0 saturated heterocycles. The third-order valence-corrected chi connectivity index (χ3v) is 3.07. The smallest absolute Gasteiger partial charge is 0.333 e. The van der Waals surface area contributed by atoms with Crippen molar-refractivity contribution < 1.29 is 9.53 Å². The fraction of sp³-hybridized carbons (Fsp3) is 0.333. The zero-order chi connectivity index (χ0) is 14.5. The van der Waals surface area contributed by atoms with Gasteiger partial charge in [-0.15, -0.1) is 0 Å². The number of carbonyl (C=O) groups excluding carboxylic acids is 1. The number of rotatable bonds is 5. The Morgan fingerprint density at radius 1 is 1.35 bits per heavy atom. The first-order chi connectivity index (χ1) is 9.63. The van der Waals surface area contributed by atoms with E-state index in [0.29, 0.717) is 6.61 Å². The largest absolute Gasteiger partial charge is 0.464 e. The fourth-order valence-electron chi connectivity index (χ4n) is 2.10. The van der Waals surface area contributed by atoms with Gasteiger partial charge in [0, 0.05) is 26.4 Å². The Labute approximate surface area is 118 Å². The molecule has 0 unspecified atom stereocenters. The molecule has 2 aromatic rings. The van der Waals surface area contributed by atoms with Crippen molar-refractivity contribution >= 4 is 11.8 Å². The molecule has 0 aliphatic rings. The normalized spacial score (nSPS) is 11.9. The van der Waals surface area contributed by atoms with Gasteiger partial charge in [-0.3, -0.25) is 4.68 Å². The average Bonchev–Trinajstić information content (AvgIpc) is 2.87. The molecular formula is C15H19N3O2. The molecule has 0 aliphatic heterocycles. The van der Waals surface area contributed by atoms with Crippen LogP contribution in [0, 0.1) is 0 Å². The number of hydrogen-bond donors (Lipinski definition) is 0. The second kappa shape index (κ2) is 6.23. The molecule has 1 heterocycles. The minimum absolute atomic E-state index is 0.271. The molecule has 1 aromatic heterocycles. The van der Waals surface area contributed by atoms with E-state index in [2.05, 4.69) is 5.10 Å². The van der Waals surface area contributed by atoms with Crippen molar-refractivity contribution in [1.29, 1.82) is 0 Å².